The number of aryl methyl sites for hydroxylation is 2. The Balaban J connectivity index is 2.23. The number of anilines is 1. The molecule has 0 atom stereocenters. The summed E-state index contributed by atoms with van der Waals surface area (Å²) in [5, 5.41) is 16.2. The highest BCUT2D eigenvalue weighted by atomic mass is 16.3. The molecular weight excluding hydrogens is 220 g/mol. The minimum atomic E-state index is -0.467. The maximum absolute atomic E-state index is 11.8. The first-order chi connectivity index (χ1) is 8.08. The monoisotopic (exact) mass is 232 g/mol. The zero-order valence-electron chi connectivity index (χ0n) is 9.51. The average molecular weight is 232 g/mol. The van der Waals surface area contributed by atoms with Gasteiger partial charge in [-0.05, 0) is 19.1 Å². The lowest BCUT2D eigenvalue weighted by molar-refractivity contribution is 0.101. The lowest BCUT2D eigenvalue weighted by Gasteiger charge is -2.05. The second-order valence-corrected chi connectivity index (χ2v) is 3.62. The van der Waals surface area contributed by atoms with E-state index in [2.05, 4.69) is 15.4 Å². The standard InChI is InChI=1S/C11H12N4O2/c1-7-6-9(15(2)14-7)13-11(17)10-8(16)4-3-5-12-10/h3-6,16H,1-2H3,(H,13,17). The van der Waals surface area contributed by atoms with Crippen LogP contribution in [0.15, 0.2) is 24.4 Å². The Morgan fingerprint density at radius 1 is 1.53 bits per heavy atom. The average Bonchev–Trinajstić information content (AvgIpc) is 2.58. The van der Waals surface area contributed by atoms with Gasteiger partial charge in [-0.25, -0.2) is 4.98 Å². The Hall–Kier alpha value is -2.37. The fraction of sp³-hybridized carbons (Fsp3) is 0.182. The van der Waals surface area contributed by atoms with Gasteiger partial charge >= 0.3 is 0 Å². The Bertz CT molecular complexity index is 562. The topological polar surface area (TPSA) is 80.0 Å². The maximum Gasteiger partial charge on any atom is 0.279 e. The van der Waals surface area contributed by atoms with Crippen molar-refractivity contribution in [3.05, 3.63) is 35.8 Å². The lowest BCUT2D eigenvalue weighted by Crippen LogP contribution is -2.16. The number of hydrogen-bond acceptors (Lipinski definition) is 4. The van der Waals surface area contributed by atoms with Gasteiger partial charge < -0.3 is 10.4 Å². The number of carbonyl (C=O) groups is 1. The summed E-state index contributed by atoms with van der Waals surface area (Å²) in [5.74, 6) is -0.0625. The molecule has 0 radical (unpaired) electrons. The Labute approximate surface area is 97.9 Å². The molecule has 17 heavy (non-hydrogen) atoms. The van der Waals surface area contributed by atoms with Gasteiger partial charge in [-0.2, -0.15) is 5.10 Å². The van der Waals surface area contributed by atoms with Gasteiger partial charge in [-0.1, -0.05) is 0 Å². The van der Waals surface area contributed by atoms with Gasteiger partial charge in [-0.15, -0.1) is 0 Å². The van der Waals surface area contributed by atoms with E-state index in [1.54, 1.807) is 23.9 Å². The summed E-state index contributed by atoms with van der Waals surface area (Å²) in [4.78, 5) is 15.6. The fourth-order valence-electron chi connectivity index (χ4n) is 1.47. The predicted molar refractivity (Wildman–Crippen MR) is 61.8 cm³/mol. The summed E-state index contributed by atoms with van der Waals surface area (Å²) < 4.78 is 1.55. The number of hydrogen-bond donors (Lipinski definition) is 2. The number of aromatic nitrogens is 3. The summed E-state index contributed by atoms with van der Waals surface area (Å²) in [6.07, 6.45) is 1.45. The van der Waals surface area contributed by atoms with Crippen LogP contribution in [0.3, 0.4) is 0 Å². The molecule has 2 aromatic rings. The van der Waals surface area contributed by atoms with Crippen molar-refractivity contribution in [1.82, 2.24) is 14.8 Å². The number of rotatable bonds is 2. The molecule has 0 aliphatic rings. The number of aromatic hydroxyl groups is 1. The van der Waals surface area contributed by atoms with E-state index in [0.717, 1.165) is 5.69 Å². The molecule has 0 unspecified atom stereocenters. The van der Waals surface area contributed by atoms with E-state index in [-0.39, 0.29) is 11.4 Å². The maximum atomic E-state index is 11.8. The highest BCUT2D eigenvalue weighted by Gasteiger charge is 2.14. The van der Waals surface area contributed by atoms with Crippen molar-refractivity contribution in [2.24, 2.45) is 7.05 Å². The lowest BCUT2D eigenvalue weighted by atomic mass is 10.3. The first-order valence-corrected chi connectivity index (χ1v) is 5.04. The van der Waals surface area contributed by atoms with Crippen LogP contribution >= 0.6 is 0 Å². The number of carbonyl (C=O) groups excluding carboxylic acids is 1. The van der Waals surface area contributed by atoms with Gasteiger partial charge in [0.15, 0.2) is 5.69 Å². The summed E-state index contributed by atoms with van der Waals surface area (Å²) in [7, 11) is 1.72. The summed E-state index contributed by atoms with van der Waals surface area (Å²) >= 11 is 0. The third-order valence-electron chi connectivity index (χ3n) is 2.25. The summed E-state index contributed by atoms with van der Waals surface area (Å²) in [6.45, 7) is 1.83. The van der Waals surface area contributed by atoms with E-state index in [0.29, 0.717) is 5.82 Å². The molecular formula is C11H12N4O2. The molecule has 1 amide bonds. The van der Waals surface area contributed by atoms with Crippen molar-refractivity contribution >= 4 is 11.7 Å². The Kier molecular flexibility index (Phi) is 2.78. The molecule has 88 valence electrons. The van der Waals surface area contributed by atoms with Crippen LogP contribution < -0.4 is 5.32 Å². The molecule has 0 aliphatic carbocycles. The molecule has 0 bridgehead atoms. The second kappa shape index (κ2) is 4.25. The Morgan fingerprint density at radius 2 is 2.29 bits per heavy atom. The van der Waals surface area contributed by atoms with Crippen LogP contribution in [0.25, 0.3) is 0 Å². The van der Waals surface area contributed by atoms with Crippen molar-refractivity contribution < 1.29 is 9.90 Å². The molecule has 0 aromatic carbocycles. The van der Waals surface area contributed by atoms with Crippen molar-refractivity contribution in [2.45, 2.75) is 6.92 Å². The van der Waals surface area contributed by atoms with Gasteiger partial charge in [0.2, 0.25) is 0 Å². The van der Waals surface area contributed by atoms with E-state index in [1.807, 2.05) is 6.92 Å². The fourth-order valence-corrected chi connectivity index (χ4v) is 1.47. The number of nitrogens with zero attached hydrogens (tertiary/aromatic N) is 3. The SMILES string of the molecule is Cc1cc(NC(=O)c2ncccc2O)n(C)n1. The normalized spacial score (nSPS) is 10.2. The van der Waals surface area contributed by atoms with Crippen LogP contribution in [0.5, 0.6) is 5.75 Å². The molecule has 2 N–H and O–H groups in total. The second-order valence-electron chi connectivity index (χ2n) is 3.62. The van der Waals surface area contributed by atoms with E-state index in [4.69, 9.17) is 0 Å². The molecule has 0 fully saturated rings. The predicted octanol–water partition coefficient (Wildman–Crippen LogP) is 1.08. The van der Waals surface area contributed by atoms with E-state index in [9.17, 15) is 9.90 Å². The largest absolute Gasteiger partial charge is 0.505 e. The molecule has 6 nitrogen and oxygen atoms in total. The van der Waals surface area contributed by atoms with E-state index >= 15 is 0 Å². The summed E-state index contributed by atoms with van der Waals surface area (Å²) in [5.41, 5.74) is 0.791. The number of pyridine rings is 1. The highest BCUT2D eigenvalue weighted by molar-refractivity contribution is 6.04. The molecule has 0 spiro atoms. The van der Waals surface area contributed by atoms with Gasteiger partial charge in [-0.3, -0.25) is 9.48 Å². The molecule has 0 aliphatic heterocycles. The zero-order chi connectivity index (χ0) is 12.4. The summed E-state index contributed by atoms with van der Waals surface area (Å²) in [6, 6.07) is 4.70. The van der Waals surface area contributed by atoms with Gasteiger partial charge in [0.25, 0.3) is 5.91 Å². The van der Waals surface area contributed by atoms with Crippen molar-refractivity contribution in [1.29, 1.82) is 0 Å². The smallest absolute Gasteiger partial charge is 0.279 e. The van der Waals surface area contributed by atoms with Crippen molar-refractivity contribution in [2.75, 3.05) is 5.32 Å². The number of amides is 1. The Morgan fingerprint density at radius 3 is 2.88 bits per heavy atom. The van der Waals surface area contributed by atoms with Crippen LogP contribution in [0.4, 0.5) is 5.82 Å². The minimum absolute atomic E-state index is 0.00801. The third-order valence-corrected chi connectivity index (χ3v) is 2.25. The van der Waals surface area contributed by atoms with Crippen molar-refractivity contribution in [3.63, 3.8) is 0 Å². The highest BCUT2D eigenvalue weighted by Crippen LogP contribution is 2.15. The quantitative estimate of drug-likeness (QED) is 0.812. The van der Waals surface area contributed by atoms with E-state index in [1.165, 1.54) is 12.3 Å². The van der Waals surface area contributed by atoms with Gasteiger partial charge in [0.1, 0.15) is 11.6 Å². The van der Waals surface area contributed by atoms with Crippen molar-refractivity contribution in [3.8, 4) is 5.75 Å². The van der Waals surface area contributed by atoms with E-state index < -0.39 is 5.91 Å². The van der Waals surface area contributed by atoms with Crippen LogP contribution in [0, 0.1) is 6.92 Å². The van der Waals surface area contributed by atoms with Crippen LogP contribution in [0.1, 0.15) is 16.2 Å². The van der Waals surface area contributed by atoms with Crippen LogP contribution in [-0.2, 0) is 7.05 Å². The first kappa shape index (κ1) is 11.1. The number of nitrogens with one attached hydrogen (secondary N) is 1. The molecule has 2 heterocycles. The van der Waals surface area contributed by atoms with Crippen LogP contribution in [0.2, 0.25) is 0 Å². The minimum Gasteiger partial charge on any atom is -0.505 e. The molecule has 2 rings (SSSR count). The molecule has 6 heteroatoms. The molecule has 0 saturated carbocycles. The molecule has 0 saturated heterocycles. The van der Waals surface area contributed by atoms with Gasteiger partial charge in [0.05, 0.1) is 5.69 Å². The van der Waals surface area contributed by atoms with Gasteiger partial charge in [0, 0.05) is 19.3 Å². The molecule has 2 aromatic heterocycles. The van der Waals surface area contributed by atoms with Crippen LogP contribution in [-0.4, -0.2) is 25.8 Å². The third kappa shape index (κ3) is 2.25. The zero-order valence-corrected chi connectivity index (χ0v) is 9.51. The first-order valence-electron chi connectivity index (χ1n) is 5.04.